The summed E-state index contributed by atoms with van der Waals surface area (Å²) < 4.78 is 5.16. The van der Waals surface area contributed by atoms with E-state index in [2.05, 4.69) is 25.7 Å². The molecule has 0 fully saturated rings. The van der Waals surface area contributed by atoms with E-state index in [4.69, 9.17) is 5.11 Å². The number of benzene rings is 1. The third-order valence-corrected chi connectivity index (χ3v) is 4.16. The van der Waals surface area contributed by atoms with Gasteiger partial charge in [0, 0.05) is 15.6 Å². The molecule has 2 aromatic rings. The van der Waals surface area contributed by atoms with Crippen molar-refractivity contribution < 1.29 is 19.4 Å². The molecule has 0 bridgehead atoms. The van der Waals surface area contributed by atoms with Crippen molar-refractivity contribution >= 4 is 39.6 Å². The molecule has 0 aliphatic rings. The molecule has 0 unspecified atom stereocenters. The lowest BCUT2D eigenvalue weighted by molar-refractivity contribution is 0.0599. The highest BCUT2D eigenvalue weighted by Gasteiger charge is 2.11. The Labute approximate surface area is 133 Å². The molecule has 0 amide bonds. The predicted molar refractivity (Wildman–Crippen MR) is 80.8 cm³/mol. The highest BCUT2D eigenvalue weighted by Crippen LogP contribution is 2.30. The lowest BCUT2D eigenvalue weighted by atomic mass is 10.2. The van der Waals surface area contributed by atoms with E-state index in [-0.39, 0.29) is 5.56 Å². The van der Waals surface area contributed by atoms with Gasteiger partial charge in [-0.3, -0.25) is 0 Å². The number of carboxylic acid groups (broad SMARTS) is 1. The Morgan fingerprint density at radius 3 is 2.71 bits per heavy atom. The van der Waals surface area contributed by atoms with E-state index in [1.165, 1.54) is 25.1 Å². The topological polar surface area (TPSA) is 76.5 Å². The van der Waals surface area contributed by atoms with E-state index in [0.29, 0.717) is 20.0 Å². The molecule has 5 nitrogen and oxygen atoms in total. The van der Waals surface area contributed by atoms with Crippen LogP contribution < -0.4 is 0 Å². The minimum Gasteiger partial charge on any atom is -0.478 e. The summed E-state index contributed by atoms with van der Waals surface area (Å²) >= 11 is 4.46. The van der Waals surface area contributed by atoms with Crippen molar-refractivity contribution in [2.75, 3.05) is 7.11 Å². The van der Waals surface area contributed by atoms with Gasteiger partial charge in [0.25, 0.3) is 0 Å². The standard InChI is InChI=1S/C14H10BrNO4S/c1-20-14(19)8-4-5-16-12(6-8)21-9-2-3-11(15)10(7-9)13(17)18/h2-7H,1H3,(H,17,18). The first-order valence-corrected chi connectivity index (χ1v) is 7.37. The average molecular weight is 368 g/mol. The summed E-state index contributed by atoms with van der Waals surface area (Å²) in [5, 5.41) is 9.67. The Bertz CT molecular complexity index is 705. The second kappa shape index (κ2) is 6.73. The first-order valence-electron chi connectivity index (χ1n) is 5.76. The SMILES string of the molecule is COC(=O)c1ccnc(Sc2ccc(Br)c(C(=O)O)c2)c1. The van der Waals surface area contributed by atoms with Crippen LogP contribution in [0.15, 0.2) is 50.9 Å². The Morgan fingerprint density at radius 1 is 1.29 bits per heavy atom. The monoisotopic (exact) mass is 367 g/mol. The maximum absolute atomic E-state index is 11.5. The summed E-state index contributed by atoms with van der Waals surface area (Å²) in [6.45, 7) is 0. The lowest BCUT2D eigenvalue weighted by Gasteiger charge is -2.05. The molecule has 0 saturated heterocycles. The van der Waals surface area contributed by atoms with Gasteiger partial charge >= 0.3 is 11.9 Å². The quantitative estimate of drug-likeness (QED) is 0.833. The van der Waals surface area contributed by atoms with Crippen LogP contribution in [0.3, 0.4) is 0 Å². The fraction of sp³-hybridized carbons (Fsp3) is 0.0714. The maximum atomic E-state index is 11.5. The minimum atomic E-state index is -1.01. The van der Waals surface area contributed by atoms with Crippen LogP contribution >= 0.6 is 27.7 Å². The van der Waals surface area contributed by atoms with E-state index >= 15 is 0 Å². The van der Waals surface area contributed by atoms with Crippen molar-refractivity contribution in [3.8, 4) is 0 Å². The summed E-state index contributed by atoms with van der Waals surface area (Å²) in [4.78, 5) is 27.4. The van der Waals surface area contributed by atoms with Gasteiger partial charge in [0.15, 0.2) is 0 Å². The number of hydrogen-bond acceptors (Lipinski definition) is 5. The number of carboxylic acids is 1. The fourth-order valence-electron chi connectivity index (χ4n) is 1.56. The predicted octanol–water partition coefficient (Wildman–Crippen LogP) is 3.48. The van der Waals surface area contributed by atoms with E-state index in [0.717, 1.165) is 0 Å². The van der Waals surface area contributed by atoms with Gasteiger partial charge < -0.3 is 9.84 Å². The minimum absolute atomic E-state index is 0.170. The van der Waals surface area contributed by atoms with Gasteiger partial charge in [-0.2, -0.15) is 0 Å². The zero-order valence-corrected chi connectivity index (χ0v) is 13.3. The maximum Gasteiger partial charge on any atom is 0.337 e. The molecule has 1 heterocycles. The highest BCUT2D eigenvalue weighted by atomic mass is 79.9. The molecule has 21 heavy (non-hydrogen) atoms. The number of hydrogen-bond donors (Lipinski definition) is 1. The molecule has 108 valence electrons. The molecule has 1 N–H and O–H groups in total. The third kappa shape index (κ3) is 3.83. The van der Waals surface area contributed by atoms with Crippen molar-refractivity contribution in [2.45, 2.75) is 9.92 Å². The van der Waals surface area contributed by atoms with Crippen LogP contribution in [-0.4, -0.2) is 29.1 Å². The van der Waals surface area contributed by atoms with Crippen LogP contribution in [0, 0.1) is 0 Å². The normalized spacial score (nSPS) is 10.2. The Balaban J connectivity index is 2.28. The van der Waals surface area contributed by atoms with Crippen molar-refractivity contribution in [2.24, 2.45) is 0 Å². The van der Waals surface area contributed by atoms with E-state index < -0.39 is 11.9 Å². The number of pyridine rings is 1. The van der Waals surface area contributed by atoms with Crippen LogP contribution in [0.2, 0.25) is 0 Å². The van der Waals surface area contributed by atoms with Gasteiger partial charge in [-0.05, 0) is 46.3 Å². The van der Waals surface area contributed by atoms with Crippen LogP contribution in [-0.2, 0) is 4.74 Å². The summed E-state index contributed by atoms with van der Waals surface area (Å²) in [5.74, 6) is -1.46. The number of methoxy groups -OCH3 is 1. The molecule has 0 aliphatic carbocycles. The van der Waals surface area contributed by atoms with Crippen molar-refractivity contribution in [1.29, 1.82) is 0 Å². The molecule has 0 saturated carbocycles. The van der Waals surface area contributed by atoms with Crippen molar-refractivity contribution in [1.82, 2.24) is 4.98 Å². The smallest absolute Gasteiger partial charge is 0.337 e. The molecular formula is C14H10BrNO4S. The van der Waals surface area contributed by atoms with Crippen LogP contribution in [0.25, 0.3) is 0 Å². The first kappa shape index (κ1) is 15.5. The summed E-state index contributed by atoms with van der Waals surface area (Å²) in [6.07, 6.45) is 1.51. The molecule has 2 rings (SSSR count). The highest BCUT2D eigenvalue weighted by molar-refractivity contribution is 9.10. The Morgan fingerprint density at radius 2 is 2.05 bits per heavy atom. The van der Waals surface area contributed by atoms with Crippen molar-refractivity contribution in [3.63, 3.8) is 0 Å². The lowest BCUT2D eigenvalue weighted by Crippen LogP contribution is -2.01. The largest absolute Gasteiger partial charge is 0.478 e. The summed E-state index contributed by atoms with van der Waals surface area (Å²) in [5.41, 5.74) is 0.565. The number of rotatable bonds is 4. The fourth-order valence-corrected chi connectivity index (χ4v) is 2.83. The number of aromatic nitrogens is 1. The molecule has 0 radical (unpaired) electrons. The van der Waals surface area contributed by atoms with Crippen molar-refractivity contribution in [3.05, 3.63) is 52.1 Å². The molecule has 7 heteroatoms. The van der Waals surface area contributed by atoms with E-state index in [9.17, 15) is 9.59 Å². The molecule has 1 aromatic heterocycles. The van der Waals surface area contributed by atoms with Gasteiger partial charge in [0.05, 0.1) is 18.2 Å². The van der Waals surface area contributed by atoms with Crippen LogP contribution in [0.1, 0.15) is 20.7 Å². The molecule has 1 aromatic carbocycles. The number of nitrogens with zero attached hydrogens (tertiary/aromatic N) is 1. The first-order chi connectivity index (χ1) is 10.0. The zero-order valence-electron chi connectivity index (χ0n) is 10.9. The zero-order chi connectivity index (χ0) is 15.4. The molecule has 0 atom stereocenters. The number of carbonyl (C=O) groups is 2. The van der Waals surface area contributed by atoms with Gasteiger partial charge in [-0.25, -0.2) is 14.6 Å². The van der Waals surface area contributed by atoms with Gasteiger partial charge in [0.1, 0.15) is 5.03 Å². The van der Waals surface area contributed by atoms with Crippen LogP contribution in [0.4, 0.5) is 0 Å². The van der Waals surface area contributed by atoms with E-state index in [1.54, 1.807) is 30.3 Å². The second-order valence-corrected chi connectivity index (χ2v) is 5.87. The van der Waals surface area contributed by atoms with Gasteiger partial charge in [-0.1, -0.05) is 11.8 Å². The Hall–Kier alpha value is -1.86. The number of esters is 1. The summed E-state index contributed by atoms with van der Waals surface area (Å²) in [7, 11) is 1.31. The number of carbonyl (C=O) groups excluding carboxylic acids is 1. The van der Waals surface area contributed by atoms with Gasteiger partial charge in [-0.15, -0.1) is 0 Å². The summed E-state index contributed by atoms with van der Waals surface area (Å²) in [6, 6.07) is 8.13. The van der Waals surface area contributed by atoms with E-state index in [1.807, 2.05) is 0 Å². The van der Waals surface area contributed by atoms with Crippen LogP contribution in [0.5, 0.6) is 0 Å². The third-order valence-electron chi connectivity index (χ3n) is 2.55. The van der Waals surface area contributed by atoms with Gasteiger partial charge in [0.2, 0.25) is 0 Å². The molecule has 0 aliphatic heterocycles. The number of aromatic carboxylic acids is 1. The molecule has 0 spiro atoms. The molecular weight excluding hydrogens is 358 g/mol. The Kier molecular flexibility index (Phi) is 4.98. The number of ether oxygens (including phenoxy) is 1. The number of halogens is 1. The second-order valence-electron chi connectivity index (χ2n) is 3.92. The average Bonchev–Trinajstić information content (AvgIpc) is 2.48.